The lowest BCUT2D eigenvalue weighted by Crippen LogP contribution is -2.11. The smallest absolute Gasteiger partial charge is 0.0991 e. The Bertz CT molecular complexity index is 392. The maximum Gasteiger partial charge on any atom is 0.0991 e. The van der Waals surface area contributed by atoms with Crippen molar-refractivity contribution in [3.63, 3.8) is 0 Å². The van der Waals surface area contributed by atoms with Crippen molar-refractivity contribution in [3.8, 4) is 6.07 Å². The third-order valence-electron chi connectivity index (χ3n) is 3.19. The Labute approximate surface area is 90.2 Å². The van der Waals surface area contributed by atoms with Crippen LogP contribution in [0.25, 0.3) is 0 Å². The summed E-state index contributed by atoms with van der Waals surface area (Å²) in [6, 6.07) is 8.13. The van der Waals surface area contributed by atoms with E-state index in [9.17, 15) is 0 Å². The largest absolute Gasteiger partial charge is 0.396 e. The number of rotatable bonds is 2. The topological polar surface area (TPSA) is 44.0 Å². The van der Waals surface area contributed by atoms with E-state index in [0.717, 1.165) is 24.8 Å². The molecule has 78 valence electrons. The average Bonchev–Trinajstić information content (AvgIpc) is 2.29. The molecule has 1 aliphatic carbocycles. The number of benzene rings is 1. The van der Waals surface area contributed by atoms with Gasteiger partial charge >= 0.3 is 0 Å². The highest BCUT2D eigenvalue weighted by molar-refractivity contribution is 5.41. The second kappa shape index (κ2) is 4.46. The van der Waals surface area contributed by atoms with Gasteiger partial charge in [0.15, 0.2) is 0 Å². The van der Waals surface area contributed by atoms with E-state index in [0.29, 0.717) is 5.92 Å². The first-order valence-electron chi connectivity index (χ1n) is 5.49. The Balaban J connectivity index is 2.36. The Morgan fingerprint density at radius 1 is 1.47 bits per heavy atom. The standard InChI is InChI=1S/C13H15NO/c14-9-10-4-5-11-2-1-3-12(6-7-15)13(11)8-10/h4-5,8,12,15H,1-3,6-7H2. The zero-order valence-electron chi connectivity index (χ0n) is 8.74. The maximum atomic E-state index is 9.01. The summed E-state index contributed by atoms with van der Waals surface area (Å²) in [4.78, 5) is 0. The fourth-order valence-electron chi connectivity index (χ4n) is 2.42. The SMILES string of the molecule is N#Cc1ccc2c(c1)C(CCO)CCC2. The van der Waals surface area contributed by atoms with Crippen LogP contribution in [-0.4, -0.2) is 11.7 Å². The van der Waals surface area contributed by atoms with Gasteiger partial charge in [0.05, 0.1) is 11.6 Å². The first kappa shape index (κ1) is 10.2. The maximum absolute atomic E-state index is 9.01. The molecule has 1 unspecified atom stereocenters. The lowest BCUT2D eigenvalue weighted by molar-refractivity contribution is 0.269. The number of hydrogen-bond donors (Lipinski definition) is 1. The molecule has 1 N–H and O–H groups in total. The minimum absolute atomic E-state index is 0.237. The summed E-state index contributed by atoms with van der Waals surface area (Å²) in [6.07, 6.45) is 4.27. The van der Waals surface area contributed by atoms with E-state index in [1.807, 2.05) is 12.1 Å². The third kappa shape index (κ3) is 2.03. The van der Waals surface area contributed by atoms with Crippen molar-refractivity contribution in [2.75, 3.05) is 6.61 Å². The van der Waals surface area contributed by atoms with Gasteiger partial charge < -0.3 is 5.11 Å². The average molecular weight is 201 g/mol. The highest BCUT2D eigenvalue weighted by atomic mass is 16.3. The van der Waals surface area contributed by atoms with Crippen molar-refractivity contribution in [1.82, 2.24) is 0 Å². The zero-order valence-corrected chi connectivity index (χ0v) is 8.74. The fourth-order valence-corrected chi connectivity index (χ4v) is 2.42. The van der Waals surface area contributed by atoms with E-state index in [1.54, 1.807) is 0 Å². The molecule has 0 aliphatic heterocycles. The van der Waals surface area contributed by atoms with Crippen molar-refractivity contribution in [1.29, 1.82) is 5.26 Å². The summed E-state index contributed by atoms with van der Waals surface area (Å²) in [6.45, 7) is 0.237. The zero-order chi connectivity index (χ0) is 10.7. The van der Waals surface area contributed by atoms with E-state index < -0.39 is 0 Å². The number of aryl methyl sites for hydroxylation is 1. The van der Waals surface area contributed by atoms with E-state index in [1.165, 1.54) is 17.5 Å². The Morgan fingerprint density at radius 2 is 2.33 bits per heavy atom. The number of nitriles is 1. The molecule has 15 heavy (non-hydrogen) atoms. The molecule has 1 aliphatic rings. The third-order valence-corrected chi connectivity index (χ3v) is 3.19. The summed E-state index contributed by atoms with van der Waals surface area (Å²) in [5, 5.41) is 17.9. The van der Waals surface area contributed by atoms with E-state index in [2.05, 4.69) is 12.1 Å². The predicted molar refractivity (Wildman–Crippen MR) is 58.5 cm³/mol. The molecule has 0 radical (unpaired) electrons. The van der Waals surface area contributed by atoms with Gasteiger partial charge in [-0.15, -0.1) is 0 Å². The molecule has 0 heterocycles. The van der Waals surface area contributed by atoms with E-state index in [4.69, 9.17) is 10.4 Å². The first-order chi connectivity index (χ1) is 7.35. The van der Waals surface area contributed by atoms with E-state index in [-0.39, 0.29) is 6.61 Å². The number of hydrogen-bond acceptors (Lipinski definition) is 2. The number of fused-ring (bicyclic) bond motifs is 1. The van der Waals surface area contributed by atoms with Gasteiger partial charge in [0.25, 0.3) is 0 Å². The van der Waals surface area contributed by atoms with Crippen LogP contribution in [0.4, 0.5) is 0 Å². The van der Waals surface area contributed by atoms with Crippen LogP contribution in [0, 0.1) is 11.3 Å². The van der Waals surface area contributed by atoms with Gasteiger partial charge in [-0.25, -0.2) is 0 Å². The minimum atomic E-state index is 0.237. The molecular formula is C13H15NO. The van der Waals surface area contributed by atoms with Gasteiger partial charge in [-0.05, 0) is 54.9 Å². The van der Waals surface area contributed by atoms with Gasteiger partial charge in [0.1, 0.15) is 0 Å². The van der Waals surface area contributed by atoms with Crippen LogP contribution in [0.5, 0.6) is 0 Å². The molecule has 0 amide bonds. The van der Waals surface area contributed by atoms with Crippen LogP contribution >= 0.6 is 0 Å². The van der Waals surface area contributed by atoms with Crippen LogP contribution in [0.15, 0.2) is 18.2 Å². The molecule has 2 heteroatoms. The van der Waals surface area contributed by atoms with Gasteiger partial charge in [0, 0.05) is 6.61 Å². The van der Waals surface area contributed by atoms with Crippen LogP contribution in [0.1, 0.15) is 41.9 Å². The molecule has 0 saturated heterocycles. The van der Waals surface area contributed by atoms with Gasteiger partial charge in [-0.2, -0.15) is 5.26 Å². The summed E-state index contributed by atoms with van der Waals surface area (Å²) < 4.78 is 0. The first-order valence-corrected chi connectivity index (χ1v) is 5.49. The molecule has 0 saturated carbocycles. The van der Waals surface area contributed by atoms with Crippen LogP contribution < -0.4 is 0 Å². The minimum Gasteiger partial charge on any atom is -0.396 e. The molecule has 0 fully saturated rings. The van der Waals surface area contributed by atoms with Crippen LogP contribution in [0.2, 0.25) is 0 Å². The molecule has 1 aromatic rings. The summed E-state index contributed by atoms with van der Waals surface area (Å²) >= 11 is 0. The highest BCUT2D eigenvalue weighted by Gasteiger charge is 2.19. The van der Waals surface area contributed by atoms with E-state index >= 15 is 0 Å². The molecule has 2 nitrogen and oxygen atoms in total. The van der Waals surface area contributed by atoms with Crippen molar-refractivity contribution in [2.45, 2.75) is 31.6 Å². The van der Waals surface area contributed by atoms with Crippen LogP contribution in [0.3, 0.4) is 0 Å². The number of aliphatic hydroxyl groups is 1. The Morgan fingerprint density at radius 3 is 3.07 bits per heavy atom. The molecule has 1 atom stereocenters. The van der Waals surface area contributed by atoms with Crippen LogP contribution in [-0.2, 0) is 6.42 Å². The van der Waals surface area contributed by atoms with Gasteiger partial charge in [-0.3, -0.25) is 0 Å². The van der Waals surface area contributed by atoms with Gasteiger partial charge in [0.2, 0.25) is 0 Å². The summed E-state index contributed by atoms with van der Waals surface area (Å²) in [7, 11) is 0. The predicted octanol–water partition coefficient (Wildman–Crippen LogP) is 2.36. The van der Waals surface area contributed by atoms with Crippen molar-refractivity contribution in [3.05, 3.63) is 34.9 Å². The molecule has 0 spiro atoms. The van der Waals surface area contributed by atoms with Crippen molar-refractivity contribution in [2.24, 2.45) is 0 Å². The molecule has 1 aromatic carbocycles. The lowest BCUT2D eigenvalue weighted by Gasteiger charge is -2.25. The molecule has 0 aromatic heterocycles. The van der Waals surface area contributed by atoms with Crippen molar-refractivity contribution >= 4 is 0 Å². The quantitative estimate of drug-likeness (QED) is 0.798. The number of nitrogens with zero attached hydrogens (tertiary/aromatic N) is 1. The second-order valence-corrected chi connectivity index (χ2v) is 4.13. The Kier molecular flexibility index (Phi) is 3.03. The van der Waals surface area contributed by atoms with Gasteiger partial charge in [-0.1, -0.05) is 6.07 Å². The Hall–Kier alpha value is -1.33. The highest BCUT2D eigenvalue weighted by Crippen LogP contribution is 2.34. The number of aliphatic hydroxyl groups excluding tert-OH is 1. The normalized spacial score (nSPS) is 19.3. The summed E-state index contributed by atoms with van der Waals surface area (Å²) in [5.74, 6) is 0.451. The molecular weight excluding hydrogens is 186 g/mol. The monoisotopic (exact) mass is 201 g/mol. The molecule has 2 rings (SSSR count). The van der Waals surface area contributed by atoms with Crippen molar-refractivity contribution < 1.29 is 5.11 Å². The second-order valence-electron chi connectivity index (χ2n) is 4.13. The molecule has 0 bridgehead atoms. The lowest BCUT2D eigenvalue weighted by atomic mass is 9.80. The summed E-state index contributed by atoms with van der Waals surface area (Å²) in [5.41, 5.74) is 3.38. The fraction of sp³-hybridized carbons (Fsp3) is 0.462.